The Kier molecular flexibility index (Phi) is 31.3. The normalized spacial score (nSPS) is 12.1. The molecule has 0 atom stereocenters. The molecule has 0 aliphatic carbocycles. The van der Waals surface area contributed by atoms with Crippen LogP contribution < -0.4 is 0 Å². The van der Waals surface area contributed by atoms with Gasteiger partial charge >= 0.3 is 0 Å². The highest BCUT2D eigenvalue weighted by atomic mass is 16.3. The van der Waals surface area contributed by atoms with E-state index in [1.807, 2.05) is 0 Å². The number of aryl methyl sites for hydroxylation is 1. The molecule has 0 fully saturated rings. The Morgan fingerprint density at radius 2 is 0.696 bits per heavy atom. The molecule has 0 aromatic heterocycles. The van der Waals surface area contributed by atoms with Crippen molar-refractivity contribution in [3.63, 3.8) is 0 Å². The second-order valence-electron chi connectivity index (χ2n) is 20.0. The molecule has 0 aliphatic heterocycles. The predicted octanol–water partition coefficient (Wildman–Crippen LogP) is 17.3. The molecule has 1 aromatic rings. The van der Waals surface area contributed by atoms with Gasteiger partial charge in [-0.25, -0.2) is 0 Å². The van der Waals surface area contributed by atoms with Gasteiger partial charge in [0, 0.05) is 19.5 Å². The number of nitrogens with zero attached hydrogens (tertiary/aromatic N) is 1. The fourth-order valence-corrected chi connectivity index (χ4v) is 8.45. The molecule has 0 unspecified atom stereocenters. The second-order valence-corrected chi connectivity index (χ2v) is 20.0. The minimum Gasteiger partial charge on any atom is -0.507 e. The standard InChI is InChI=1S/C53H99NO2/c1-9-11-13-15-17-19-21-23-25-27-29-31-33-35-37-39-43-54(44-40-38-36-34-32-30-28-26-24-22-20-18-16-14-12-10-2)50(55)42-41-47-45-48(52(3,4)5)51(56)49(46-47)53(6,7)8/h45-46,56H,9-44H2,1-8H3. The van der Waals surface area contributed by atoms with Gasteiger partial charge < -0.3 is 10.0 Å². The Hall–Kier alpha value is -1.51. The van der Waals surface area contributed by atoms with Gasteiger partial charge in [0.05, 0.1) is 0 Å². The van der Waals surface area contributed by atoms with Crippen LogP contribution in [0.5, 0.6) is 5.75 Å². The first-order valence-electron chi connectivity index (χ1n) is 25.1. The molecule has 0 radical (unpaired) electrons. The number of phenols is 1. The molecule has 3 heteroatoms. The third-order valence-corrected chi connectivity index (χ3v) is 12.3. The number of carbonyl (C=O) groups excluding carboxylic acids is 1. The van der Waals surface area contributed by atoms with E-state index in [1.165, 1.54) is 198 Å². The van der Waals surface area contributed by atoms with Crippen LogP contribution in [0.25, 0.3) is 0 Å². The number of amides is 1. The van der Waals surface area contributed by atoms with Crippen LogP contribution in [0.4, 0.5) is 0 Å². The fraction of sp³-hybridized carbons (Fsp3) is 0.868. The van der Waals surface area contributed by atoms with Crippen molar-refractivity contribution in [1.82, 2.24) is 4.90 Å². The highest BCUT2D eigenvalue weighted by Gasteiger charge is 2.27. The summed E-state index contributed by atoms with van der Waals surface area (Å²) in [6.07, 6.45) is 45.3. The van der Waals surface area contributed by atoms with Gasteiger partial charge in [-0.05, 0) is 46.8 Å². The Labute approximate surface area is 351 Å². The molecule has 0 aliphatic rings. The smallest absolute Gasteiger partial charge is 0.222 e. The largest absolute Gasteiger partial charge is 0.507 e. The summed E-state index contributed by atoms with van der Waals surface area (Å²) in [4.78, 5) is 16.0. The monoisotopic (exact) mass is 782 g/mol. The van der Waals surface area contributed by atoms with Crippen LogP contribution in [0, 0.1) is 0 Å². The number of unbranched alkanes of at least 4 members (excludes halogenated alkanes) is 30. The van der Waals surface area contributed by atoms with Crippen molar-refractivity contribution in [3.05, 3.63) is 28.8 Å². The molecule has 3 nitrogen and oxygen atoms in total. The van der Waals surface area contributed by atoms with E-state index in [4.69, 9.17) is 0 Å². The van der Waals surface area contributed by atoms with Crippen molar-refractivity contribution in [2.75, 3.05) is 13.1 Å². The Morgan fingerprint density at radius 1 is 0.446 bits per heavy atom. The number of aromatic hydroxyl groups is 1. The topological polar surface area (TPSA) is 40.5 Å². The fourth-order valence-electron chi connectivity index (χ4n) is 8.45. The molecule has 1 rings (SSSR count). The summed E-state index contributed by atoms with van der Waals surface area (Å²) in [7, 11) is 0. The number of hydrogen-bond donors (Lipinski definition) is 1. The number of hydrogen-bond acceptors (Lipinski definition) is 2. The van der Waals surface area contributed by atoms with E-state index in [2.05, 4.69) is 72.4 Å². The number of benzene rings is 1. The summed E-state index contributed by atoms with van der Waals surface area (Å²) in [6.45, 7) is 19.4. The average molecular weight is 782 g/mol. The zero-order valence-corrected chi connectivity index (χ0v) is 39.4. The van der Waals surface area contributed by atoms with Crippen molar-refractivity contribution in [3.8, 4) is 5.75 Å². The predicted molar refractivity (Wildman–Crippen MR) is 249 cm³/mol. The van der Waals surface area contributed by atoms with Crippen LogP contribution in [0.1, 0.15) is 284 Å². The van der Waals surface area contributed by atoms with Gasteiger partial charge in [-0.2, -0.15) is 0 Å². The van der Waals surface area contributed by atoms with Crippen LogP contribution in [0.15, 0.2) is 12.1 Å². The first kappa shape index (κ1) is 52.5. The van der Waals surface area contributed by atoms with Gasteiger partial charge in [0.1, 0.15) is 5.75 Å². The molecule has 0 saturated heterocycles. The van der Waals surface area contributed by atoms with Crippen molar-refractivity contribution in [2.45, 2.75) is 285 Å². The van der Waals surface area contributed by atoms with Gasteiger partial charge in [0.25, 0.3) is 0 Å². The third kappa shape index (κ3) is 27.2. The molecule has 328 valence electrons. The molecule has 1 N–H and O–H groups in total. The van der Waals surface area contributed by atoms with E-state index < -0.39 is 0 Å². The van der Waals surface area contributed by atoms with Crippen molar-refractivity contribution in [1.29, 1.82) is 0 Å². The summed E-state index contributed by atoms with van der Waals surface area (Å²) in [6, 6.07) is 4.32. The molecule has 0 heterocycles. The SMILES string of the molecule is CCCCCCCCCCCCCCCCCCN(CCCCCCCCCCCCCCCCCC)C(=O)CCc1cc(C(C)(C)C)c(O)c(C(C)(C)C)c1. The first-order valence-corrected chi connectivity index (χ1v) is 25.1. The maximum atomic E-state index is 13.8. The van der Waals surface area contributed by atoms with Gasteiger partial charge in [-0.3, -0.25) is 4.79 Å². The summed E-state index contributed by atoms with van der Waals surface area (Å²) < 4.78 is 0. The maximum absolute atomic E-state index is 13.8. The summed E-state index contributed by atoms with van der Waals surface area (Å²) in [5.74, 6) is 0.739. The quantitative estimate of drug-likeness (QED) is 0.0683. The minimum atomic E-state index is -0.156. The lowest BCUT2D eigenvalue weighted by Crippen LogP contribution is -2.33. The highest BCUT2D eigenvalue weighted by Crippen LogP contribution is 2.40. The van der Waals surface area contributed by atoms with E-state index >= 15 is 0 Å². The molecule has 1 aromatic carbocycles. The average Bonchev–Trinajstić information content (AvgIpc) is 3.15. The van der Waals surface area contributed by atoms with Gasteiger partial charge in [-0.15, -0.1) is 0 Å². The van der Waals surface area contributed by atoms with Crippen molar-refractivity contribution in [2.24, 2.45) is 0 Å². The summed E-state index contributed by atoms with van der Waals surface area (Å²) >= 11 is 0. The zero-order chi connectivity index (χ0) is 41.3. The van der Waals surface area contributed by atoms with E-state index in [1.54, 1.807) is 0 Å². The molecular weight excluding hydrogens is 683 g/mol. The van der Waals surface area contributed by atoms with Gasteiger partial charge in [0.15, 0.2) is 0 Å². The summed E-state index contributed by atoms with van der Waals surface area (Å²) in [5, 5.41) is 11.2. The highest BCUT2D eigenvalue weighted by molar-refractivity contribution is 5.76. The van der Waals surface area contributed by atoms with E-state index in [0.29, 0.717) is 18.1 Å². The van der Waals surface area contributed by atoms with Crippen LogP contribution in [0.2, 0.25) is 0 Å². The molecule has 0 spiro atoms. The zero-order valence-electron chi connectivity index (χ0n) is 39.4. The van der Waals surface area contributed by atoms with Crippen molar-refractivity contribution >= 4 is 5.91 Å². The molecular formula is C53H99NO2. The van der Waals surface area contributed by atoms with E-state index in [0.717, 1.165) is 43.5 Å². The number of carbonyl (C=O) groups is 1. The minimum absolute atomic E-state index is 0.156. The molecule has 1 amide bonds. The molecule has 0 saturated carbocycles. The van der Waals surface area contributed by atoms with E-state index in [-0.39, 0.29) is 10.8 Å². The Bertz CT molecular complexity index is 991. The Morgan fingerprint density at radius 3 is 0.946 bits per heavy atom. The van der Waals surface area contributed by atoms with Crippen LogP contribution >= 0.6 is 0 Å². The lowest BCUT2D eigenvalue weighted by atomic mass is 9.78. The third-order valence-electron chi connectivity index (χ3n) is 12.3. The van der Waals surface area contributed by atoms with Gasteiger partial charge in [0.2, 0.25) is 5.91 Å². The second kappa shape index (κ2) is 33.3. The lowest BCUT2D eigenvalue weighted by Gasteiger charge is -2.28. The lowest BCUT2D eigenvalue weighted by molar-refractivity contribution is -0.131. The molecule has 0 bridgehead atoms. The number of rotatable bonds is 37. The van der Waals surface area contributed by atoms with Gasteiger partial charge in [-0.1, -0.05) is 260 Å². The van der Waals surface area contributed by atoms with Crippen LogP contribution in [-0.2, 0) is 22.0 Å². The molecule has 56 heavy (non-hydrogen) atoms. The Balaban J connectivity index is 2.48. The van der Waals surface area contributed by atoms with Crippen LogP contribution in [0.3, 0.4) is 0 Å². The van der Waals surface area contributed by atoms with Crippen molar-refractivity contribution < 1.29 is 9.90 Å². The van der Waals surface area contributed by atoms with Crippen LogP contribution in [-0.4, -0.2) is 29.0 Å². The maximum Gasteiger partial charge on any atom is 0.222 e. The van der Waals surface area contributed by atoms with E-state index in [9.17, 15) is 9.90 Å². The summed E-state index contributed by atoms with van der Waals surface area (Å²) in [5.41, 5.74) is 2.85. The first-order chi connectivity index (χ1) is 26.9. The number of phenolic OH excluding ortho intramolecular Hbond substituents is 1.